The summed E-state index contributed by atoms with van der Waals surface area (Å²) in [6, 6.07) is 12.7. The summed E-state index contributed by atoms with van der Waals surface area (Å²) in [5.74, 6) is 0.316. The van der Waals surface area contributed by atoms with E-state index in [1.165, 1.54) is 12.1 Å². The minimum atomic E-state index is -0.502. The number of hydrogen-bond donors (Lipinski definition) is 2. The lowest BCUT2D eigenvalue weighted by Crippen LogP contribution is -2.44. The van der Waals surface area contributed by atoms with Crippen molar-refractivity contribution in [2.24, 2.45) is 0 Å². The Bertz CT molecular complexity index is 938. The van der Waals surface area contributed by atoms with Gasteiger partial charge >= 0.3 is 6.03 Å². The first-order valence-corrected chi connectivity index (χ1v) is 9.03. The smallest absolute Gasteiger partial charge is 0.319 e. The number of amides is 3. The summed E-state index contributed by atoms with van der Waals surface area (Å²) in [5, 5.41) is 5.59. The number of nitrogens with zero attached hydrogens (tertiary/aromatic N) is 1. The molecule has 0 radical (unpaired) electrons. The molecule has 2 aromatic carbocycles. The maximum absolute atomic E-state index is 13.1. The van der Waals surface area contributed by atoms with E-state index < -0.39 is 6.04 Å². The fourth-order valence-electron chi connectivity index (χ4n) is 3.57. The van der Waals surface area contributed by atoms with Crippen molar-refractivity contribution in [2.45, 2.75) is 12.5 Å². The van der Waals surface area contributed by atoms with Crippen LogP contribution in [0, 0.1) is 5.82 Å². The van der Waals surface area contributed by atoms with Crippen LogP contribution in [0.5, 0.6) is 5.75 Å². The molecular weight excluding hydrogens is 361 g/mol. The summed E-state index contributed by atoms with van der Waals surface area (Å²) in [6.07, 6.45) is 0.612. The maximum Gasteiger partial charge on any atom is 0.319 e. The summed E-state index contributed by atoms with van der Waals surface area (Å²) in [6.45, 7) is 0.845. The molecule has 28 heavy (non-hydrogen) atoms. The molecule has 0 saturated carbocycles. The van der Waals surface area contributed by atoms with Crippen molar-refractivity contribution in [3.8, 4) is 5.75 Å². The molecule has 1 atom stereocenters. The van der Waals surface area contributed by atoms with Crippen molar-refractivity contribution in [3.63, 3.8) is 0 Å². The molecule has 2 heterocycles. The number of carbonyl (C=O) groups is 2. The van der Waals surface area contributed by atoms with E-state index in [2.05, 4.69) is 10.6 Å². The van der Waals surface area contributed by atoms with E-state index in [0.29, 0.717) is 36.5 Å². The molecule has 0 spiro atoms. The van der Waals surface area contributed by atoms with E-state index in [1.807, 2.05) is 12.1 Å². The second-order valence-corrected chi connectivity index (χ2v) is 6.80. The molecule has 0 bridgehead atoms. The number of ether oxygens (including phenoxy) is 1. The van der Waals surface area contributed by atoms with Crippen LogP contribution in [-0.2, 0) is 11.2 Å². The number of carbonyl (C=O) groups excluding carboxylic acids is 2. The SMILES string of the molecule is COc1ccc(C2NC(=O)NC3=C2C(=O)N(CCc2ccc(F)cc2)C3)cc1. The van der Waals surface area contributed by atoms with Gasteiger partial charge in [0, 0.05) is 6.54 Å². The maximum atomic E-state index is 13.1. The Labute approximate surface area is 162 Å². The Morgan fingerprint density at radius 3 is 2.50 bits per heavy atom. The highest BCUT2D eigenvalue weighted by Crippen LogP contribution is 2.33. The fourth-order valence-corrected chi connectivity index (χ4v) is 3.57. The van der Waals surface area contributed by atoms with Crippen LogP contribution >= 0.6 is 0 Å². The van der Waals surface area contributed by atoms with Crippen molar-refractivity contribution in [1.82, 2.24) is 15.5 Å². The summed E-state index contributed by atoms with van der Waals surface area (Å²) in [7, 11) is 1.58. The van der Waals surface area contributed by atoms with Gasteiger partial charge in [-0.15, -0.1) is 0 Å². The number of urea groups is 1. The minimum Gasteiger partial charge on any atom is -0.497 e. The lowest BCUT2D eigenvalue weighted by Gasteiger charge is -2.25. The van der Waals surface area contributed by atoms with Gasteiger partial charge in [-0.25, -0.2) is 9.18 Å². The largest absolute Gasteiger partial charge is 0.497 e. The third kappa shape index (κ3) is 3.43. The number of benzene rings is 2. The Morgan fingerprint density at radius 1 is 1.11 bits per heavy atom. The molecule has 2 aliphatic heterocycles. The zero-order valence-electron chi connectivity index (χ0n) is 15.4. The molecule has 2 N–H and O–H groups in total. The van der Waals surface area contributed by atoms with Gasteiger partial charge < -0.3 is 20.3 Å². The normalized spacial score (nSPS) is 18.6. The first-order chi connectivity index (χ1) is 13.5. The lowest BCUT2D eigenvalue weighted by atomic mass is 9.96. The molecule has 1 unspecified atom stereocenters. The van der Waals surface area contributed by atoms with E-state index in [9.17, 15) is 14.0 Å². The molecular formula is C21H20FN3O3. The van der Waals surface area contributed by atoms with Gasteiger partial charge in [0.15, 0.2) is 0 Å². The van der Waals surface area contributed by atoms with Gasteiger partial charge in [-0.2, -0.15) is 0 Å². The van der Waals surface area contributed by atoms with Gasteiger partial charge in [-0.1, -0.05) is 24.3 Å². The van der Waals surface area contributed by atoms with Gasteiger partial charge in [0.25, 0.3) is 5.91 Å². The third-order valence-electron chi connectivity index (χ3n) is 5.05. The molecule has 2 aromatic rings. The van der Waals surface area contributed by atoms with Crippen molar-refractivity contribution < 1.29 is 18.7 Å². The van der Waals surface area contributed by atoms with Crippen molar-refractivity contribution >= 4 is 11.9 Å². The molecule has 2 aliphatic rings. The van der Waals surface area contributed by atoms with Crippen LogP contribution in [-0.4, -0.2) is 37.0 Å². The van der Waals surface area contributed by atoms with Gasteiger partial charge in [-0.3, -0.25) is 4.79 Å². The van der Waals surface area contributed by atoms with Crippen LogP contribution in [0.25, 0.3) is 0 Å². The summed E-state index contributed by atoms with van der Waals surface area (Å²) >= 11 is 0. The standard InChI is InChI=1S/C21H20FN3O3/c1-28-16-8-4-14(5-9-16)19-18-17(23-21(27)24-19)12-25(20(18)26)11-10-13-2-6-15(22)7-3-13/h2-9,19H,10-12H2,1H3,(H2,23,24,27). The molecule has 7 heteroatoms. The highest BCUT2D eigenvalue weighted by atomic mass is 19.1. The predicted octanol–water partition coefficient (Wildman–Crippen LogP) is 2.53. The van der Waals surface area contributed by atoms with E-state index in [0.717, 1.165) is 11.1 Å². The number of methoxy groups -OCH3 is 1. The topological polar surface area (TPSA) is 70.7 Å². The van der Waals surface area contributed by atoms with Crippen molar-refractivity contribution in [3.05, 3.63) is 76.7 Å². The summed E-state index contributed by atoms with van der Waals surface area (Å²) in [4.78, 5) is 26.8. The predicted molar refractivity (Wildman–Crippen MR) is 101 cm³/mol. The van der Waals surface area contributed by atoms with Crippen LogP contribution in [0.1, 0.15) is 17.2 Å². The molecule has 0 saturated heterocycles. The Kier molecular flexibility index (Phi) is 4.73. The molecule has 3 amide bonds. The third-order valence-corrected chi connectivity index (χ3v) is 5.05. The fraction of sp³-hybridized carbons (Fsp3) is 0.238. The van der Waals surface area contributed by atoms with Crippen molar-refractivity contribution in [2.75, 3.05) is 20.2 Å². The molecule has 0 fully saturated rings. The quantitative estimate of drug-likeness (QED) is 0.836. The van der Waals surface area contributed by atoms with Crippen LogP contribution in [0.2, 0.25) is 0 Å². The van der Waals surface area contributed by atoms with Gasteiger partial charge in [0.1, 0.15) is 11.6 Å². The highest BCUT2D eigenvalue weighted by molar-refractivity contribution is 6.01. The Hall–Kier alpha value is -3.35. The number of rotatable bonds is 5. The molecule has 144 valence electrons. The number of nitrogens with one attached hydrogen (secondary N) is 2. The average Bonchev–Trinajstić information content (AvgIpc) is 3.02. The minimum absolute atomic E-state index is 0.106. The Balaban J connectivity index is 1.52. The second kappa shape index (κ2) is 7.34. The summed E-state index contributed by atoms with van der Waals surface area (Å²) < 4.78 is 18.2. The first kappa shape index (κ1) is 18.0. The average molecular weight is 381 g/mol. The first-order valence-electron chi connectivity index (χ1n) is 9.03. The zero-order chi connectivity index (χ0) is 19.7. The molecule has 6 nitrogen and oxygen atoms in total. The number of hydrogen-bond acceptors (Lipinski definition) is 3. The van der Waals surface area contributed by atoms with Crippen molar-refractivity contribution in [1.29, 1.82) is 0 Å². The monoisotopic (exact) mass is 381 g/mol. The van der Waals surface area contributed by atoms with E-state index in [4.69, 9.17) is 4.74 Å². The van der Waals surface area contributed by atoms with E-state index in [1.54, 1.807) is 36.3 Å². The van der Waals surface area contributed by atoms with Crippen LogP contribution < -0.4 is 15.4 Å². The van der Waals surface area contributed by atoms with Gasteiger partial charge in [0.05, 0.1) is 31.0 Å². The van der Waals surface area contributed by atoms with E-state index in [-0.39, 0.29) is 17.8 Å². The lowest BCUT2D eigenvalue weighted by molar-refractivity contribution is -0.125. The van der Waals surface area contributed by atoms with E-state index >= 15 is 0 Å². The molecule has 4 rings (SSSR count). The van der Waals surface area contributed by atoms with Crippen LogP contribution in [0.4, 0.5) is 9.18 Å². The zero-order valence-corrected chi connectivity index (χ0v) is 15.4. The van der Waals surface area contributed by atoms with Gasteiger partial charge in [0.2, 0.25) is 0 Å². The second-order valence-electron chi connectivity index (χ2n) is 6.80. The Morgan fingerprint density at radius 2 is 1.82 bits per heavy atom. The highest BCUT2D eigenvalue weighted by Gasteiger charge is 2.40. The van der Waals surface area contributed by atoms with Crippen LogP contribution in [0.3, 0.4) is 0 Å². The number of halogens is 1. The summed E-state index contributed by atoms with van der Waals surface area (Å²) in [5.41, 5.74) is 2.96. The van der Waals surface area contributed by atoms with Gasteiger partial charge in [-0.05, 0) is 41.8 Å². The molecule has 0 aliphatic carbocycles. The van der Waals surface area contributed by atoms with Crippen LogP contribution in [0.15, 0.2) is 59.8 Å². The molecule has 0 aromatic heterocycles.